The van der Waals surface area contributed by atoms with Gasteiger partial charge < -0.3 is 16.0 Å². The number of aryl methyl sites for hydroxylation is 1. The van der Waals surface area contributed by atoms with Crippen LogP contribution in [0.4, 0.5) is 22.7 Å². The lowest BCUT2D eigenvalue weighted by Crippen LogP contribution is -2.35. The first-order valence-electron chi connectivity index (χ1n) is 9.65. The monoisotopic (exact) mass is 396 g/mol. The second-order valence-electron chi connectivity index (χ2n) is 7.07. The topological polar surface area (TPSA) is 79.8 Å². The first-order chi connectivity index (χ1) is 14.6. The summed E-state index contributed by atoms with van der Waals surface area (Å²) in [7, 11) is 0. The Hall–Kier alpha value is -4.11. The van der Waals surface area contributed by atoms with E-state index in [1.807, 2.05) is 24.3 Å². The molecule has 1 aliphatic rings. The fourth-order valence-corrected chi connectivity index (χ4v) is 3.66. The number of fused-ring (bicyclic) bond motifs is 1. The van der Waals surface area contributed by atoms with Crippen molar-refractivity contribution in [2.45, 2.75) is 12.8 Å². The minimum atomic E-state index is -0.425. The highest BCUT2D eigenvalue weighted by atomic mass is 16.2. The maximum Gasteiger partial charge on any atom is 0.258 e. The summed E-state index contributed by atoms with van der Waals surface area (Å²) < 4.78 is 0. The number of carbonyl (C=O) groups excluding carboxylic acids is 2. The molecule has 3 aromatic carbocycles. The molecular formula is C24H20N4O2. The third kappa shape index (κ3) is 3.61. The Bertz CT molecular complexity index is 1180. The SMILES string of the molecule is [C-]#[N+]c1ccc(C(=O)N2CCCc3ccccc32)cc1NC(=O)c1ccccc1N. The number of amides is 2. The van der Waals surface area contributed by atoms with Gasteiger partial charge in [0.05, 0.1) is 12.1 Å². The normalized spacial score (nSPS) is 12.6. The highest BCUT2D eigenvalue weighted by Crippen LogP contribution is 2.31. The van der Waals surface area contributed by atoms with Crippen molar-refractivity contribution >= 4 is 34.6 Å². The summed E-state index contributed by atoms with van der Waals surface area (Å²) in [5.41, 5.74) is 9.55. The van der Waals surface area contributed by atoms with Gasteiger partial charge in [0.1, 0.15) is 0 Å². The Morgan fingerprint density at radius 3 is 2.60 bits per heavy atom. The second kappa shape index (κ2) is 8.10. The van der Waals surface area contributed by atoms with Crippen molar-refractivity contribution in [2.75, 3.05) is 22.5 Å². The molecule has 0 bridgehead atoms. The summed E-state index contributed by atoms with van der Waals surface area (Å²) in [5, 5.41) is 2.73. The lowest BCUT2D eigenvalue weighted by Gasteiger charge is -2.29. The van der Waals surface area contributed by atoms with E-state index < -0.39 is 5.91 Å². The molecule has 0 saturated carbocycles. The number of hydrogen-bond donors (Lipinski definition) is 2. The summed E-state index contributed by atoms with van der Waals surface area (Å²) in [6.45, 7) is 8.03. The van der Waals surface area contributed by atoms with Crippen LogP contribution in [0.2, 0.25) is 0 Å². The van der Waals surface area contributed by atoms with Crippen LogP contribution in [0.15, 0.2) is 66.7 Å². The molecule has 0 fully saturated rings. The van der Waals surface area contributed by atoms with Crippen LogP contribution in [0.5, 0.6) is 0 Å². The van der Waals surface area contributed by atoms with Crippen LogP contribution in [0, 0.1) is 6.57 Å². The van der Waals surface area contributed by atoms with Gasteiger partial charge in [0.25, 0.3) is 11.8 Å². The molecule has 6 nitrogen and oxygen atoms in total. The Kier molecular flexibility index (Phi) is 5.19. The first kappa shape index (κ1) is 19.2. The third-order valence-electron chi connectivity index (χ3n) is 5.17. The molecule has 30 heavy (non-hydrogen) atoms. The van der Waals surface area contributed by atoms with Gasteiger partial charge in [0.2, 0.25) is 5.69 Å². The third-order valence-corrected chi connectivity index (χ3v) is 5.17. The van der Waals surface area contributed by atoms with Crippen molar-refractivity contribution in [2.24, 2.45) is 0 Å². The van der Waals surface area contributed by atoms with E-state index in [2.05, 4.69) is 10.2 Å². The molecule has 0 aromatic heterocycles. The van der Waals surface area contributed by atoms with E-state index in [-0.39, 0.29) is 17.3 Å². The van der Waals surface area contributed by atoms with Crippen molar-refractivity contribution in [3.8, 4) is 0 Å². The number of nitrogens with two attached hydrogens (primary N) is 1. The smallest absolute Gasteiger partial charge is 0.258 e. The molecule has 148 valence electrons. The predicted molar refractivity (Wildman–Crippen MR) is 118 cm³/mol. The van der Waals surface area contributed by atoms with Gasteiger partial charge in [-0.2, -0.15) is 0 Å². The number of anilines is 3. The van der Waals surface area contributed by atoms with Crippen LogP contribution < -0.4 is 16.0 Å². The molecule has 0 atom stereocenters. The summed E-state index contributed by atoms with van der Waals surface area (Å²) in [6, 6.07) is 19.3. The Morgan fingerprint density at radius 2 is 1.80 bits per heavy atom. The van der Waals surface area contributed by atoms with Crippen molar-refractivity contribution in [1.29, 1.82) is 0 Å². The zero-order valence-corrected chi connectivity index (χ0v) is 16.3. The molecule has 0 aliphatic carbocycles. The van der Waals surface area contributed by atoms with Gasteiger partial charge in [-0.1, -0.05) is 42.5 Å². The van der Waals surface area contributed by atoms with Crippen LogP contribution in [0.1, 0.15) is 32.7 Å². The van der Waals surface area contributed by atoms with Gasteiger partial charge in [-0.25, -0.2) is 4.85 Å². The number of carbonyl (C=O) groups is 2. The van der Waals surface area contributed by atoms with Gasteiger partial charge in [0.15, 0.2) is 0 Å². The molecule has 1 aliphatic heterocycles. The van der Waals surface area contributed by atoms with Crippen molar-refractivity contribution in [3.05, 3.63) is 94.8 Å². The van der Waals surface area contributed by atoms with Crippen molar-refractivity contribution in [3.63, 3.8) is 0 Å². The van der Waals surface area contributed by atoms with Gasteiger partial charge >= 0.3 is 0 Å². The summed E-state index contributed by atoms with van der Waals surface area (Å²) >= 11 is 0. The number of nitrogen functional groups attached to an aromatic ring is 1. The van der Waals surface area contributed by atoms with E-state index in [0.717, 1.165) is 24.1 Å². The van der Waals surface area contributed by atoms with Gasteiger partial charge in [-0.05, 0) is 42.7 Å². The minimum absolute atomic E-state index is 0.159. The van der Waals surface area contributed by atoms with Gasteiger partial charge in [0, 0.05) is 29.2 Å². The average molecular weight is 396 g/mol. The Labute approximate surface area is 174 Å². The molecule has 0 saturated heterocycles. The van der Waals surface area contributed by atoms with Crippen LogP contribution in [0.3, 0.4) is 0 Å². The Balaban J connectivity index is 1.65. The van der Waals surface area contributed by atoms with E-state index in [1.54, 1.807) is 47.4 Å². The van der Waals surface area contributed by atoms with Crippen LogP contribution in [-0.4, -0.2) is 18.4 Å². The molecule has 0 spiro atoms. The van der Waals surface area contributed by atoms with E-state index in [9.17, 15) is 9.59 Å². The van der Waals surface area contributed by atoms with E-state index in [1.165, 1.54) is 0 Å². The zero-order chi connectivity index (χ0) is 21.1. The lowest BCUT2D eigenvalue weighted by atomic mass is 10.0. The molecule has 1 heterocycles. The number of nitrogens with zero attached hydrogens (tertiary/aromatic N) is 2. The highest BCUT2D eigenvalue weighted by molar-refractivity contribution is 6.11. The molecule has 2 amide bonds. The number of rotatable bonds is 3. The predicted octanol–water partition coefficient (Wildman–Crippen LogP) is 4.66. The van der Waals surface area contributed by atoms with Crippen LogP contribution >= 0.6 is 0 Å². The fraction of sp³-hybridized carbons (Fsp3) is 0.125. The van der Waals surface area contributed by atoms with Crippen LogP contribution in [0.25, 0.3) is 4.85 Å². The second-order valence-corrected chi connectivity index (χ2v) is 7.07. The number of para-hydroxylation sites is 2. The standard InChI is InChI=1S/C24H20N4O2/c1-26-20-13-12-17(15-21(20)27-23(29)18-9-3-4-10-19(18)25)24(30)28-14-6-8-16-7-2-5-11-22(16)28/h2-5,7,9-13,15H,6,8,14,25H2,(H,27,29). The van der Waals surface area contributed by atoms with Crippen molar-refractivity contribution < 1.29 is 9.59 Å². The zero-order valence-electron chi connectivity index (χ0n) is 16.3. The first-order valence-corrected chi connectivity index (χ1v) is 9.65. The number of benzene rings is 3. The summed E-state index contributed by atoms with van der Waals surface area (Å²) in [5.74, 6) is -0.584. The van der Waals surface area contributed by atoms with Gasteiger partial charge in [-0.3, -0.25) is 9.59 Å². The Morgan fingerprint density at radius 1 is 1.03 bits per heavy atom. The molecule has 0 unspecified atom stereocenters. The van der Waals surface area contributed by atoms with E-state index in [0.29, 0.717) is 23.4 Å². The molecule has 4 rings (SSSR count). The highest BCUT2D eigenvalue weighted by Gasteiger charge is 2.24. The number of nitrogens with one attached hydrogen (secondary N) is 1. The molecule has 0 radical (unpaired) electrons. The molecular weight excluding hydrogens is 376 g/mol. The molecule has 3 N–H and O–H groups in total. The van der Waals surface area contributed by atoms with E-state index in [4.69, 9.17) is 12.3 Å². The summed E-state index contributed by atoms with van der Waals surface area (Å²) in [4.78, 5) is 31.1. The lowest BCUT2D eigenvalue weighted by molar-refractivity contribution is 0.0982. The number of hydrogen-bond acceptors (Lipinski definition) is 3. The fourth-order valence-electron chi connectivity index (χ4n) is 3.66. The largest absolute Gasteiger partial charge is 0.398 e. The maximum absolute atomic E-state index is 13.2. The van der Waals surface area contributed by atoms with Crippen molar-refractivity contribution in [1.82, 2.24) is 0 Å². The minimum Gasteiger partial charge on any atom is -0.398 e. The molecule has 6 heteroatoms. The molecule has 3 aromatic rings. The summed E-state index contributed by atoms with van der Waals surface area (Å²) in [6.07, 6.45) is 1.83. The van der Waals surface area contributed by atoms with E-state index >= 15 is 0 Å². The van der Waals surface area contributed by atoms with Gasteiger partial charge in [-0.15, -0.1) is 0 Å². The maximum atomic E-state index is 13.2. The van der Waals surface area contributed by atoms with Crippen LogP contribution in [-0.2, 0) is 6.42 Å². The average Bonchev–Trinajstić information content (AvgIpc) is 2.78. The quantitative estimate of drug-likeness (QED) is 0.499.